The van der Waals surface area contributed by atoms with Gasteiger partial charge >= 0.3 is 0 Å². The van der Waals surface area contributed by atoms with Crippen LogP contribution in [0.25, 0.3) is 10.9 Å². The van der Waals surface area contributed by atoms with Crippen LogP contribution in [-0.4, -0.2) is 4.98 Å². The molecule has 0 atom stereocenters. The summed E-state index contributed by atoms with van der Waals surface area (Å²) in [6.45, 7) is 1.26. The number of rotatable bonds is 5. The fourth-order valence-corrected chi connectivity index (χ4v) is 2.13. The minimum atomic E-state index is 0.571. The van der Waals surface area contributed by atoms with Gasteiger partial charge in [-0.1, -0.05) is 48.5 Å². The zero-order chi connectivity index (χ0) is 12.9. The van der Waals surface area contributed by atoms with Gasteiger partial charge in [-0.2, -0.15) is 5.48 Å². The van der Waals surface area contributed by atoms with Crippen LogP contribution in [0.3, 0.4) is 0 Å². The number of fused-ring (bicyclic) bond motifs is 1. The predicted molar refractivity (Wildman–Crippen MR) is 76.4 cm³/mol. The summed E-state index contributed by atoms with van der Waals surface area (Å²) in [6, 6.07) is 18.5. The number of H-pyrrole nitrogens is 1. The molecule has 3 heteroatoms. The van der Waals surface area contributed by atoms with Gasteiger partial charge in [-0.15, -0.1) is 0 Å². The first-order valence-corrected chi connectivity index (χ1v) is 6.37. The molecule has 0 fully saturated rings. The van der Waals surface area contributed by atoms with Crippen LogP contribution in [0.5, 0.6) is 0 Å². The van der Waals surface area contributed by atoms with Gasteiger partial charge in [-0.3, -0.25) is 4.84 Å². The van der Waals surface area contributed by atoms with Crippen molar-refractivity contribution in [3.8, 4) is 0 Å². The zero-order valence-corrected chi connectivity index (χ0v) is 10.6. The van der Waals surface area contributed by atoms with Gasteiger partial charge in [0.15, 0.2) is 0 Å². The predicted octanol–water partition coefficient (Wildman–Crippen LogP) is 3.39. The molecule has 2 N–H and O–H groups in total. The first kappa shape index (κ1) is 12.0. The maximum atomic E-state index is 5.49. The molecule has 0 amide bonds. The van der Waals surface area contributed by atoms with E-state index in [1.54, 1.807) is 0 Å². The molecule has 0 saturated carbocycles. The molecule has 0 aliphatic carbocycles. The second-order valence-corrected chi connectivity index (χ2v) is 4.45. The molecule has 2 aromatic carbocycles. The minimum Gasteiger partial charge on any atom is -0.361 e. The Morgan fingerprint density at radius 2 is 1.84 bits per heavy atom. The molecular weight excluding hydrogens is 236 g/mol. The van der Waals surface area contributed by atoms with Crippen LogP contribution in [0.1, 0.15) is 11.1 Å². The van der Waals surface area contributed by atoms with E-state index in [2.05, 4.69) is 34.7 Å². The summed E-state index contributed by atoms with van der Waals surface area (Å²) in [7, 11) is 0. The van der Waals surface area contributed by atoms with Crippen LogP contribution in [-0.2, 0) is 18.0 Å². The van der Waals surface area contributed by atoms with E-state index in [4.69, 9.17) is 4.84 Å². The maximum Gasteiger partial charge on any atom is 0.0933 e. The normalized spacial score (nSPS) is 10.9. The van der Waals surface area contributed by atoms with Crippen molar-refractivity contribution >= 4 is 10.9 Å². The lowest BCUT2D eigenvalue weighted by molar-refractivity contribution is 0.0237. The van der Waals surface area contributed by atoms with E-state index in [1.165, 1.54) is 16.5 Å². The van der Waals surface area contributed by atoms with Crippen molar-refractivity contribution in [2.24, 2.45) is 0 Å². The molecule has 0 saturated heterocycles. The van der Waals surface area contributed by atoms with Gasteiger partial charge in [0.2, 0.25) is 0 Å². The molecule has 1 heterocycles. The minimum absolute atomic E-state index is 0.571. The van der Waals surface area contributed by atoms with Crippen LogP contribution < -0.4 is 5.48 Å². The number of hydrogen-bond donors (Lipinski definition) is 2. The Bertz CT molecular complexity index is 646. The van der Waals surface area contributed by atoms with E-state index in [0.717, 1.165) is 5.56 Å². The van der Waals surface area contributed by atoms with E-state index in [0.29, 0.717) is 13.2 Å². The SMILES string of the molecule is c1ccc(CONCc2cccc3cc[nH]c23)cc1. The number of benzene rings is 2. The summed E-state index contributed by atoms with van der Waals surface area (Å²) in [4.78, 5) is 8.74. The van der Waals surface area contributed by atoms with Gasteiger partial charge in [0.25, 0.3) is 0 Å². The smallest absolute Gasteiger partial charge is 0.0933 e. The number of para-hydroxylation sites is 1. The van der Waals surface area contributed by atoms with Crippen LogP contribution in [0.2, 0.25) is 0 Å². The lowest BCUT2D eigenvalue weighted by atomic mass is 10.1. The van der Waals surface area contributed by atoms with Gasteiger partial charge < -0.3 is 4.98 Å². The molecule has 1 aromatic heterocycles. The van der Waals surface area contributed by atoms with Crippen molar-refractivity contribution in [2.45, 2.75) is 13.2 Å². The Morgan fingerprint density at radius 3 is 2.74 bits per heavy atom. The van der Waals surface area contributed by atoms with E-state index in [1.807, 2.05) is 36.5 Å². The number of hydroxylamine groups is 1. The number of hydrogen-bond acceptors (Lipinski definition) is 2. The zero-order valence-electron chi connectivity index (χ0n) is 10.6. The molecule has 3 rings (SSSR count). The largest absolute Gasteiger partial charge is 0.361 e. The molecule has 96 valence electrons. The standard InChI is InChI=1S/C16H16N2O/c1-2-5-13(6-3-1)12-19-18-11-15-8-4-7-14-9-10-17-16(14)15/h1-10,17-18H,11-12H2. The quantitative estimate of drug-likeness (QED) is 0.539. The number of aromatic nitrogens is 1. The van der Waals surface area contributed by atoms with Crippen molar-refractivity contribution in [1.82, 2.24) is 10.5 Å². The maximum absolute atomic E-state index is 5.49. The Balaban J connectivity index is 1.57. The van der Waals surface area contributed by atoms with Crippen molar-refractivity contribution in [3.05, 3.63) is 71.9 Å². The Kier molecular flexibility index (Phi) is 3.58. The summed E-state index contributed by atoms with van der Waals surface area (Å²) in [5.74, 6) is 0. The Hall–Kier alpha value is -2.10. The molecule has 0 aliphatic rings. The van der Waals surface area contributed by atoms with Gasteiger partial charge in [0, 0.05) is 18.3 Å². The summed E-state index contributed by atoms with van der Waals surface area (Å²) >= 11 is 0. The highest BCUT2D eigenvalue weighted by molar-refractivity contribution is 5.82. The fraction of sp³-hybridized carbons (Fsp3) is 0.125. The van der Waals surface area contributed by atoms with Gasteiger partial charge in [-0.05, 0) is 22.6 Å². The Morgan fingerprint density at radius 1 is 0.947 bits per heavy atom. The van der Waals surface area contributed by atoms with Crippen molar-refractivity contribution in [3.63, 3.8) is 0 Å². The molecular formula is C16H16N2O. The highest BCUT2D eigenvalue weighted by Gasteiger charge is 2.01. The van der Waals surface area contributed by atoms with Crippen LogP contribution in [0, 0.1) is 0 Å². The lowest BCUT2D eigenvalue weighted by Gasteiger charge is -2.07. The monoisotopic (exact) mass is 252 g/mol. The Labute approximate surface area is 112 Å². The second-order valence-electron chi connectivity index (χ2n) is 4.45. The highest BCUT2D eigenvalue weighted by atomic mass is 16.6. The van der Waals surface area contributed by atoms with Crippen molar-refractivity contribution in [1.29, 1.82) is 0 Å². The summed E-state index contributed by atoms with van der Waals surface area (Å²) in [5.41, 5.74) is 6.54. The fourth-order valence-electron chi connectivity index (χ4n) is 2.13. The summed E-state index contributed by atoms with van der Waals surface area (Å²) in [6.07, 6.45) is 1.96. The van der Waals surface area contributed by atoms with Crippen LogP contribution in [0.4, 0.5) is 0 Å². The third kappa shape index (κ3) is 2.84. The molecule has 0 radical (unpaired) electrons. The van der Waals surface area contributed by atoms with E-state index >= 15 is 0 Å². The average molecular weight is 252 g/mol. The summed E-state index contributed by atoms with van der Waals surface area (Å²) in [5, 5.41) is 1.22. The molecule has 0 bridgehead atoms. The number of aromatic amines is 1. The van der Waals surface area contributed by atoms with Crippen LogP contribution >= 0.6 is 0 Å². The molecule has 0 aliphatic heterocycles. The van der Waals surface area contributed by atoms with E-state index in [9.17, 15) is 0 Å². The molecule has 0 unspecified atom stereocenters. The first-order chi connectivity index (χ1) is 9.43. The average Bonchev–Trinajstić information content (AvgIpc) is 2.94. The van der Waals surface area contributed by atoms with E-state index < -0.39 is 0 Å². The first-order valence-electron chi connectivity index (χ1n) is 6.37. The van der Waals surface area contributed by atoms with Crippen molar-refractivity contribution < 1.29 is 4.84 Å². The second kappa shape index (κ2) is 5.69. The molecule has 3 aromatic rings. The third-order valence-electron chi connectivity index (χ3n) is 3.12. The van der Waals surface area contributed by atoms with Gasteiger partial charge in [0.05, 0.1) is 6.61 Å². The molecule has 0 spiro atoms. The third-order valence-corrected chi connectivity index (χ3v) is 3.12. The van der Waals surface area contributed by atoms with Gasteiger partial charge in [-0.25, -0.2) is 0 Å². The van der Waals surface area contributed by atoms with Crippen LogP contribution in [0.15, 0.2) is 60.8 Å². The van der Waals surface area contributed by atoms with Gasteiger partial charge in [0.1, 0.15) is 0 Å². The molecule has 19 heavy (non-hydrogen) atoms. The lowest BCUT2D eigenvalue weighted by Crippen LogP contribution is -2.14. The number of nitrogens with one attached hydrogen (secondary N) is 2. The van der Waals surface area contributed by atoms with E-state index in [-0.39, 0.29) is 0 Å². The summed E-state index contributed by atoms with van der Waals surface area (Å²) < 4.78 is 0. The highest BCUT2D eigenvalue weighted by Crippen LogP contribution is 2.16. The topological polar surface area (TPSA) is 37.0 Å². The molecule has 3 nitrogen and oxygen atoms in total. The van der Waals surface area contributed by atoms with Crippen molar-refractivity contribution in [2.75, 3.05) is 0 Å².